The van der Waals surface area contributed by atoms with Gasteiger partial charge in [-0.3, -0.25) is 4.79 Å². The van der Waals surface area contributed by atoms with Gasteiger partial charge in [-0.15, -0.1) is 0 Å². The predicted octanol–water partition coefficient (Wildman–Crippen LogP) is 5.22. The molecule has 2 rings (SSSR count). The highest BCUT2D eigenvalue weighted by Crippen LogP contribution is 2.27. The molecule has 0 aliphatic carbocycles. The van der Waals surface area contributed by atoms with E-state index in [0.717, 1.165) is 32.3 Å². The molecule has 2 aromatic carbocycles. The van der Waals surface area contributed by atoms with Crippen molar-refractivity contribution in [2.24, 2.45) is 0 Å². The summed E-state index contributed by atoms with van der Waals surface area (Å²) in [5, 5.41) is 0. The first-order valence-electron chi connectivity index (χ1n) is 6.71. The molecule has 0 unspecified atom stereocenters. The molecule has 20 heavy (non-hydrogen) atoms. The van der Waals surface area contributed by atoms with Gasteiger partial charge < -0.3 is 0 Å². The lowest BCUT2D eigenvalue weighted by atomic mass is 9.89. The summed E-state index contributed by atoms with van der Waals surface area (Å²) in [6.07, 6.45) is 0. The average Bonchev–Trinajstić information content (AvgIpc) is 2.36. The Bertz CT molecular complexity index is 673. The van der Waals surface area contributed by atoms with Gasteiger partial charge in [-0.05, 0) is 74.6 Å². The molecule has 0 fully saturated rings. The van der Waals surface area contributed by atoms with E-state index < -0.39 is 0 Å². The van der Waals surface area contributed by atoms with Gasteiger partial charge in [0.1, 0.15) is 0 Å². The van der Waals surface area contributed by atoms with Crippen molar-refractivity contribution >= 4 is 21.7 Å². The Morgan fingerprint density at radius 1 is 0.900 bits per heavy atom. The normalized spacial score (nSPS) is 10.7. The summed E-state index contributed by atoms with van der Waals surface area (Å²) in [7, 11) is 0. The highest BCUT2D eigenvalue weighted by Gasteiger charge is 2.19. The predicted molar refractivity (Wildman–Crippen MR) is 87.7 cm³/mol. The fourth-order valence-corrected chi connectivity index (χ4v) is 3.17. The van der Waals surface area contributed by atoms with Crippen molar-refractivity contribution in [3.8, 4) is 0 Å². The summed E-state index contributed by atoms with van der Waals surface area (Å²) in [5.74, 6) is 0.0960. The highest BCUT2D eigenvalue weighted by molar-refractivity contribution is 9.10. The van der Waals surface area contributed by atoms with Crippen LogP contribution in [0, 0.1) is 34.6 Å². The maximum Gasteiger partial charge on any atom is 0.194 e. The van der Waals surface area contributed by atoms with Crippen LogP contribution in [0.3, 0.4) is 0 Å². The van der Waals surface area contributed by atoms with Crippen LogP contribution in [0.25, 0.3) is 0 Å². The van der Waals surface area contributed by atoms with Gasteiger partial charge in [-0.1, -0.05) is 28.1 Å². The summed E-state index contributed by atoms with van der Waals surface area (Å²) >= 11 is 3.51. The van der Waals surface area contributed by atoms with E-state index >= 15 is 0 Å². The minimum absolute atomic E-state index is 0.0960. The quantitative estimate of drug-likeness (QED) is 0.689. The third kappa shape index (κ3) is 2.57. The van der Waals surface area contributed by atoms with Crippen molar-refractivity contribution in [2.45, 2.75) is 34.6 Å². The summed E-state index contributed by atoms with van der Waals surface area (Å²) < 4.78 is 0.862. The molecule has 0 spiro atoms. The van der Waals surface area contributed by atoms with Gasteiger partial charge in [0.15, 0.2) is 5.78 Å². The molecule has 2 aromatic rings. The smallest absolute Gasteiger partial charge is 0.194 e. The Kier molecular flexibility index (Phi) is 4.14. The molecule has 1 nitrogen and oxygen atoms in total. The molecule has 0 amide bonds. The standard InChI is InChI=1S/C18H19BrO/c1-10-6-7-15(16(19)8-10)18(20)17-13(4)11(2)9-12(3)14(17)5/h6-9H,1-5H3. The zero-order valence-corrected chi connectivity index (χ0v) is 14.2. The number of carbonyl (C=O) groups is 1. The van der Waals surface area contributed by atoms with Crippen molar-refractivity contribution in [1.29, 1.82) is 0 Å². The lowest BCUT2D eigenvalue weighted by Crippen LogP contribution is -2.09. The van der Waals surface area contributed by atoms with E-state index in [1.165, 1.54) is 11.1 Å². The largest absolute Gasteiger partial charge is 0.289 e. The van der Waals surface area contributed by atoms with Gasteiger partial charge in [-0.2, -0.15) is 0 Å². The van der Waals surface area contributed by atoms with Gasteiger partial charge in [-0.25, -0.2) is 0 Å². The Balaban J connectivity index is 2.65. The van der Waals surface area contributed by atoms with Crippen LogP contribution in [-0.4, -0.2) is 5.78 Å². The van der Waals surface area contributed by atoms with Crippen LogP contribution in [-0.2, 0) is 0 Å². The Morgan fingerprint density at radius 2 is 1.45 bits per heavy atom. The SMILES string of the molecule is Cc1ccc(C(=O)c2c(C)c(C)cc(C)c2C)c(Br)c1. The van der Waals surface area contributed by atoms with Gasteiger partial charge in [0.05, 0.1) is 0 Å². The average molecular weight is 331 g/mol. The van der Waals surface area contributed by atoms with Crippen molar-refractivity contribution in [1.82, 2.24) is 0 Å². The van der Waals surface area contributed by atoms with E-state index in [9.17, 15) is 4.79 Å². The summed E-state index contributed by atoms with van der Waals surface area (Å²) in [4.78, 5) is 12.9. The first kappa shape index (κ1) is 15.0. The minimum atomic E-state index is 0.0960. The number of halogens is 1. The number of hydrogen-bond donors (Lipinski definition) is 0. The second kappa shape index (κ2) is 5.53. The summed E-state index contributed by atoms with van der Waals surface area (Å²) in [6.45, 7) is 10.2. The van der Waals surface area contributed by atoms with Crippen LogP contribution in [0.2, 0.25) is 0 Å². The zero-order valence-electron chi connectivity index (χ0n) is 12.6. The molecule has 104 valence electrons. The number of hydrogen-bond acceptors (Lipinski definition) is 1. The van der Waals surface area contributed by atoms with E-state index in [1.807, 2.05) is 39.0 Å². The second-order valence-electron chi connectivity index (χ2n) is 5.45. The fourth-order valence-electron chi connectivity index (χ4n) is 2.50. The molecule has 0 atom stereocenters. The molecule has 0 aliphatic heterocycles. The van der Waals surface area contributed by atoms with Crippen LogP contribution >= 0.6 is 15.9 Å². The number of benzene rings is 2. The molecular formula is C18H19BrO. The van der Waals surface area contributed by atoms with E-state index in [2.05, 4.69) is 35.8 Å². The molecule has 0 saturated heterocycles. The van der Waals surface area contributed by atoms with Crippen molar-refractivity contribution in [3.05, 3.63) is 67.7 Å². The van der Waals surface area contributed by atoms with Crippen molar-refractivity contribution < 1.29 is 4.79 Å². The number of carbonyl (C=O) groups excluding carboxylic acids is 1. The lowest BCUT2D eigenvalue weighted by molar-refractivity contribution is 0.103. The molecule has 2 heteroatoms. The summed E-state index contributed by atoms with van der Waals surface area (Å²) in [5.41, 5.74) is 7.19. The molecule has 0 aromatic heterocycles. The minimum Gasteiger partial charge on any atom is -0.289 e. The van der Waals surface area contributed by atoms with E-state index in [4.69, 9.17) is 0 Å². The van der Waals surface area contributed by atoms with Crippen LogP contribution < -0.4 is 0 Å². The van der Waals surface area contributed by atoms with Crippen LogP contribution in [0.5, 0.6) is 0 Å². The van der Waals surface area contributed by atoms with Crippen molar-refractivity contribution in [2.75, 3.05) is 0 Å². The van der Waals surface area contributed by atoms with E-state index in [-0.39, 0.29) is 5.78 Å². The third-order valence-corrected chi connectivity index (χ3v) is 4.62. The molecular weight excluding hydrogens is 312 g/mol. The zero-order chi connectivity index (χ0) is 15.0. The molecule has 0 aliphatic rings. The van der Waals surface area contributed by atoms with Gasteiger partial charge >= 0.3 is 0 Å². The van der Waals surface area contributed by atoms with Gasteiger partial charge in [0, 0.05) is 15.6 Å². The van der Waals surface area contributed by atoms with E-state index in [0.29, 0.717) is 0 Å². The fraction of sp³-hybridized carbons (Fsp3) is 0.278. The van der Waals surface area contributed by atoms with E-state index in [1.54, 1.807) is 0 Å². The second-order valence-corrected chi connectivity index (χ2v) is 6.30. The van der Waals surface area contributed by atoms with Gasteiger partial charge in [0.25, 0.3) is 0 Å². The maximum absolute atomic E-state index is 12.9. The Morgan fingerprint density at radius 3 is 1.95 bits per heavy atom. The number of rotatable bonds is 2. The summed E-state index contributed by atoms with van der Waals surface area (Å²) in [6, 6.07) is 8.01. The third-order valence-electron chi connectivity index (χ3n) is 3.96. The molecule has 0 bridgehead atoms. The van der Waals surface area contributed by atoms with Crippen LogP contribution in [0.4, 0.5) is 0 Å². The number of ketones is 1. The molecule has 0 N–H and O–H groups in total. The molecule has 0 saturated carbocycles. The van der Waals surface area contributed by atoms with Crippen LogP contribution in [0.15, 0.2) is 28.7 Å². The topological polar surface area (TPSA) is 17.1 Å². The Labute approximate surface area is 129 Å². The molecule has 0 heterocycles. The van der Waals surface area contributed by atoms with Gasteiger partial charge in [0.2, 0.25) is 0 Å². The molecule has 0 radical (unpaired) electrons. The first-order valence-corrected chi connectivity index (χ1v) is 7.50. The monoisotopic (exact) mass is 330 g/mol. The van der Waals surface area contributed by atoms with Crippen molar-refractivity contribution in [3.63, 3.8) is 0 Å². The lowest BCUT2D eigenvalue weighted by Gasteiger charge is -2.15. The number of aryl methyl sites for hydroxylation is 3. The Hall–Kier alpha value is -1.41. The highest BCUT2D eigenvalue weighted by atomic mass is 79.9. The first-order chi connectivity index (χ1) is 9.32. The van der Waals surface area contributed by atoms with Crippen LogP contribution in [0.1, 0.15) is 43.7 Å². The maximum atomic E-state index is 12.9.